The van der Waals surface area contributed by atoms with Gasteiger partial charge in [-0.05, 0) is 57.0 Å². The molecule has 0 N–H and O–H groups in total. The van der Waals surface area contributed by atoms with Gasteiger partial charge in [-0.2, -0.15) is 4.31 Å². The van der Waals surface area contributed by atoms with Crippen LogP contribution in [0.3, 0.4) is 0 Å². The fourth-order valence-corrected chi connectivity index (χ4v) is 5.68. The van der Waals surface area contributed by atoms with Crippen molar-refractivity contribution >= 4 is 15.9 Å². The second-order valence-corrected chi connectivity index (χ2v) is 10.1. The number of likely N-dealkylation sites (N-methyl/N-ethyl adjacent to an activating group) is 1. The lowest BCUT2D eigenvalue weighted by Crippen LogP contribution is -2.38. The monoisotopic (exact) mass is 407 g/mol. The highest BCUT2D eigenvalue weighted by Crippen LogP contribution is 2.27. The second-order valence-electron chi connectivity index (χ2n) is 8.12. The van der Waals surface area contributed by atoms with Crippen molar-refractivity contribution in [2.24, 2.45) is 0 Å². The standard InChI is InChI=1S/C21H33N3O3S/c1-22(15-16-24-13-6-7-14-24)21(25)18-9-8-12-20(17-18)28(26,27)23(2)19-10-4-3-5-11-19/h8-9,12,17,19H,3-7,10-11,13-16H2,1-2H3. The molecule has 1 amide bonds. The van der Waals surface area contributed by atoms with E-state index in [-0.39, 0.29) is 16.8 Å². The van der Waals surface area contributed by atoms with E-state index in [0.717, 1.165) is 45.3 Å². The Morgan fingerprint density at radius 3 is 2.43 bits per heavy atom. The molecule has 1 aliphatic heterocycles. The molecule has 2 fully saturated rings. The summed E-state index contributed by atoms with van der Waals surface area (Å²) in [6.45, 7) is 3.72. The maximum absolute atomic E-state index is 13.1. The van der Waals surface area contributed by atoms with Crippen molar-refractivity contribution in [1.82, 2.24) is 14.1 Å². The minimum atomic E-state index is -3.59. The number of hydrogen-bond acceptors (Lipinski definition) is 4. The minimum Gasteiger partial charge on any atom is -0.340 e. The number of carbonyl (C=O) groups is 1. The van der Waals surface area contributed by atoms with Gasteiger partial charge in [-0.25, -0.2) is 8.42 Å². The van der Waals surface area contributed by atoms with Crippen LogP contribution in [0.15, 0.2) is 29.2 Å². The topological polar surface area (TPSA) is 60.9 Å². The molecule has 0 spiro atoms. The van der Waals surface area contributed by atoms with Gasteiger partial charge in [0.25, 0.3) is 5.91 Å². The third kappa shape index (κ3) is 4.93. The average Bonchev–Trinajstić information content (AvgIpc) is 3.25. The van der Waals surface area contributed by atoms with Gasteiger partial charge in [0.2, 0.25) is 10.0 Å². The number of hydrogen-bond donors (Lipinski definition) is 0. The second kappa shape index (κ2) is 9.37. The predicted molar refractivity (Wildman–Crippen MR) is 111 cm³/mol. The Labute approximate surface area is 169 Å². The summed E-state index contributed by atoms with van der Waals surface area (Å²) in [5, 5.41) is 0. The molecule has 1 saturated heterocycles. The number of carbonyl (C=O) groups excluding carboxylic acids is 1. The lowest BCUT2D eigenvalue weighted by atomic mass is 9.96. The summed E-state index contributed by atoms with van der Waals surface area (Å²) >= 11 is 0. The Balaban J connectivity index is 1.68. The summed E-state index contributed by atoms with van der Waals surface area (Å²) < 4.78 is 27.6. The van der Waals surface area contributed by atoms with E-state index < -0.39 is 10.0 Å². The van der Waals surface area contributed by atoms with Crippen molar-refractivity contribution in [1.29, 1.82) is 0 Å². The Morgan fingerprint density at radius 1 is 1.07 bits per heavy atom. The molecular formula is C21H33N3O3S. The molecule has 6 nitrogen and oxygen atoms in total. The Morgan fingerprint density at radius 2 is 1.75 bits per heavy atom. The summed E-state index contributed by atoms with van der Waals surface area (Å²) in [6.07, 6.45) is 7.60. The highest BCUT2D eigenvalue weighted by atomic mass is 32.2. The van der Waals surface area contributed by atoms with Crippen LogP contribution in [0.25, 0.3) is 0 Å². The molecule has 1 saturated carbocycles. The van der Waals surface area contributed by atoms with Crippen molar-refractivity contribution in [2.75, 3.05) is 40.3 Å². The van der Waals surface area contributed by atoms with Crippen LogP contribution in [-0.4, -0.2) is 74.7 Å². The van der Waals surface area contributed by atoms with E-state index in [9.17, 15) is 13.2 Å². The first-order valence-corrected chi connectivity index (χ1v) is 11.9. The molecule has 1 heterocycles. The normalized spacial score (nSPS) is 19.2. The zero-order chi connectivity index (χ0) is 20.1. The summed E-state index contributed by atoms with van der Waals surface area (Å²) in [7, 11) is -0.137. The summed E-state index contributed by atoms with van der Waals surface area (Å²) in [5.74, 6) is -0.128. The number of benzene rings is 1. The van der Waals surface area contributed by atoms with Gasteiger partial charge in [0.05, 0.1) is 4.90 Å². The van der Waals surface area contributed by atoms with E-state index in [1.165, 1.54) is 29.6 Å². The first kappa shape index (κ1) is 21.3. The molecule has 2 aliphatic rings. The maximum Gasteiger partial charge on any atom is 0.253 e. The van der Waals surface area contributed by atoms with Gasteiger partial charge >= 0.3 is 0 Å². The quantitative estimate of drug-likeness (QED) is 0.697. The zero-order valence-corrected chi connectivity index (χ0v) is 18.0. The molecule has 1 aliphatic carbocycles. The number of nitrogens with zero attached hydrogens (tertiary/aromatic N) is 3. The molecule has 1 aromatic rings. The van der Waals surface area contributed by atoms with Crippen molar-refractivity contribution in [3.8, 4) is 0 Å². The van der Waals surface area contributed by atoms with Crippen LogP contribution in [0.4, 0.5) is 0 Å². The van der Waals surface area contributed by atoms with Crippen LogP contribution < -0.4 is 0 Å². The number of amides is 1. The van der Waals surface area contributed by atoms with Crippen LogP contribution in [0, 0.1) is 0 Å². The molecule has 7 heteroatoms. The van der Waals surface area contributed by atoms with Gasteiger partial charge < -0.3 is 9.80 Å². The highest BCUT2D eigenvalue weighted by Gasteiger charge is 2.29. The van der Waals surface area contributed by atoms with Crippen LogP contribution in [-0.2, 0) is 10.0 Å². The van der Waals surface area contributed by atoms with Gasteiger partial charge in [-0.1, -0.05) is 25.3 Å². The molecule has 0 atom stereocenters. The predicted octanol–water partition coefficient (Wildman–Crippen LogP) is 2.81. The van der Waals surface area contributed by atoms with Crippen LogP contribution in [0.5, 0.6) is 0 Å². The fourth-order valence-electron chi connectivity index (χ4n) is 4.22. The number of likely N-dealkylation sites (tertiary alicyclic amines) is 1. The third-order valence-corrected chi connectivity index (χ3v) is 8.05. The molecule has 156 valence electrons. The van der Waals surface area contributed by atoms with E-state index in [4.69, 9.17) is 0 Å². The Kier molecular flexibility index (Phi) is 7.12. The lowest BCUT2D eigenvalue weighted by Gasteiger charge is -2.30. The third-order valence-electron chi connectivity index (χ3n) is 6.14. The van der Waals surface area contributed by atoms with Crippen molar-refractivity contribution < 1.29 is 13.2 Å². The van der Waals surface area contributed by atoms with Crippen LogP contribution >= 0.6 is 0 Å². The SMILES string of the molecule is CN(CCN1CCCC1)C(=O)c1cccc(S(=O)(=O)N(C)C2CCCCC2)c1. The first-order chi connectivity index (χ1) is 13.4. The first-order valence-electron chi connectivity index (χ1n) is 10.5. The van der Waals surface area contributed by atoms with E-state index in [2.05, 4.69) is 4.90 Å². The molecule has 0 bridgehead atoms. The molecular weight excluding hydrogens is 374 g/mol. The number of rotatable bonds is 7. The minimum absolute atomic E-state index is 0.0567. The average molecular weight is 408 g/mol. The Bertz CT molecular complexity index is 769. The van der Waals surface area contributed by atoms with Gasteiger partial charge in [0.15, 0.2) is 0 Å². The van der Waals surface area contributed by atoms with Gasteiger partial charge in [-0.3, -0.25) is 4.79 Å². The van der Waals surface area contributed by atoms with E-state index in [1.54, 1.807) is 37.2 Å². The molecule has 3 rings (SSSR count). The molecule has 28 heavy (non-hydrogen) atoms. The lowest BCUT2D eigenvalue weighted by molar-refractivity contribution is 0.0782. The zero-order valence-electron chi connectivity index (χ0n) is 17.1. The highest BCUT2D eigenvalue weighted by molar-refractivity contribution is 7.89. The van der Waals surface area contributed by atoms with Crippen molar-refractivity contribution in [2.45, 2.75) is 55.9 Å². The molecule has 1 aromatic carbocycles. The smallest absolute Gasteiger partial charge is 0.253 e. The van der Waals surface area contributed by atoms with Crippen LogP contribution in [0.2, 0.25) is 0 Å². The molecule has 0 aromatic heterocycles. The largest absolute Gasteiger partial charge is 0.340 e. The summed E-state index contributed by atoms with van der Waals surface area (Å²) in [6, 6.07) is 6.55. The summed E-state index contributed by atoms with van der Waals surface area (Å²) in [4.78, 5) is 17.1. The fraction of sp³-hybridized carbons (Fsp3) is 0.667. The molecule has 0 radical (unpaired) electrons. The van der Waals surface area contributed by atoms with Crippen molar-refractivity contribution in [3.05, 3.63) is 29.8 Å². The van der Waals surface area contributed by atoms with E-state index >= 15 is 0 Å². The number of sulfonamides is 1. The Hall–Kier alpha value is -1.44. The maximum atomic E-state index is 13.1. The van der Waals surface area contributed by atoms with E-state index in [1.807, 2.05) is 0 Å². The summed E-state index contributed by atoms with van der Waals surface area (Å²) in [5.41, 5.74) is 0.432. The van der Waals surface area contributed by atoms with Crippen molar-refractivity contribution in [3.63, 3.8) is 0 Å². The van der Waals surface area contributed by atoms with Crippen LogP contribution in [0.1, 0.15) is 55.3 Å². The van der Waals surface area contributed by atoms with Gasteiger partial charge in [0.1, 0.15) is 0 Å². The van der Waals surface area contributed by atoms with Gasteiger partial charge in [-0.15, -0.1) is 0 Å². The van der Waals surface area contributed by atoms with Gasteiger partial charge in [0, 0.05) is 38.8 Å². The van der Waals surface area contributed by atoms with E-state index in [0.29, 0.717) is 12.1 Å². The molecule has 0 unspecified atom stereocenters.